The average Bonchev–Trinajstić information content (AvgIpc) is 2.86. The Hall–Kier alpha value is -2.17. The molecule has 0 amide bonds. The minimum absolute atomic E-state index is 0.267. The maximum absolute atomic E-state index is 6.04. The smallest absolute Gasteiger partial charge is 0.164 e. The lowest BCUT2D eigenvalue weighted by Gasteiger charge is -2.11. The lowest BCUT2D eigenvalue weighted by Crippen LogP contribution is -2.07. The van der Waals surface area contributed by atoms with E-state index < -0.39 is 0 Å². The van der Waals surface area contributed by atoms with Crippen molar-refractivity contribution in [3.05, 3.63) is 30.8 Å². The van der Waals surface area contributed by atoms with E-state index in [9.17, 15) is 0 Å². The van der Waals surface area contributed by atoms with Gasteiger partial charge in [0, 0.05) is 0 Å². The third-order valence-electron chi connectivity index (χ3n) is 3.50. The lowest BCUT2D eigenvalue weighted by molar-refractivity contribution is 0.464. The highest BCUT2D eigenvalue weighted by Gasteiger charge is 2.19. The van der Waals surface area contributed by atoms with E-state index in [1.165, 1.54) is 6.33 Å². The highest BCUT2D eigenvalue weighted by Crippen LogP contribution is 2.29. The zero-order valence-corrected chi connectivity index (χ0v) is 13.0. The normalized spacial score (nSPS) is 13.1. The van der Waals surface area contributed by atoms with Gasteiger partial charge in [0.05, 0.1) is 11.4 Å². The summed E-state index contributed by atoms with van der Waals surface area (Å²) in [4.78, 5) is 8.47. The second-order valence-electron chi connectivity index (χ2n) is 5.22. The van der Waals surface area contributed by atoms with Gasteiger partial charge in [0.2, 0.25) is 0 Å². The summed E-state index contributed by atoms with van der Waals surface area (Å²) in [5, 5.41) is 5.50. The summed E-state index contributed by atoms with van der Waals surface area (Å²) in [6.45, 7) is 10.5. The molecule has 0 aromatic carbocycles. The first-order valence-electron chi connectivity index (χ1n) is 7.44. The van der Waals surface area contributed by atoms with Crippen molar-refractivity contribution < 1.29 is 0 Å². The van der Waals surface area contributed by atoms with Crippen LogP contribution >= 0.6 is 0 Å². The first kappa shape index (κ1) is 15.2. The van der Waals surface area contributed by atoms with Crippen molar-refractivity contribution in [2.45, 2.75) is 46.1 Å². The Morgan fingerprint density at radius 3 is 2.86 bits per heavy atom. The molecular formula is C16H23N5. The van der Waals surface area contributed by atoms with Crippen LogP contribution in [0.4, 0.5) is 5.82 Å². The van der Waals surface area contributed by atoms with Crippen molar-refractivity contribution in [3.8, 4) is 0 Å². The Morgan fingerprint density at radius 1 is 1.43 bits per heavy atom. The second-order valence-corrected chi connectivity index (χ2v) is 5.22. The van der Waals surface area contributed by atoms with Crippen molar-refractivity contribution in [3.63, 3.8) is 0 Å². The molecule has 0 aliphatic rings. The molecule has 2 N–H and O–H groups in total. The Kier molecular flexibility index (Phi) is 4.73. The molecule has 0 aliphatic heterocycles. The molecule has 0 saturated heterocycles. The van der Waals surface area contributed by atoms with Crippen LogP contribution in [0.1, 0.15) is 51.8 Å². The number of hydrogen-bond donors (Lipinski definition) is 1. The van der Waals surface area contributed by atoms with Gasteiger partial charge in [-0.3, -0.25) is 0 Å². The van der Waals surface area contributed by atoms with Crippen LogP contribution in [0.3, 0.4) is 0 Å². The zero-order valence-electron chi connectivity index (χ0n) is 13.0. The maximum atomic E-state index is 6.04. The van der Waals surface area contributed by atoms with Gasteiger partial charge in [-0.15, -0.1) is 0 Å². The van der Waals surface area contributed by atoms with Crippen LogP contribution in [-0.4, -0.2) is 19.7 Å². The van der Waals surface area contributed by atoms with Crippen LogP contribution in [0, 0.1) is 0 Å². The predicted octanol–water partition coefficient (Wildman–Crippen LogP) is 3.75. The summed E-state index contributed by atoms with van der Waals surface area (Å²) in [7, 11) is 0. The summed E-state index contributed by atoms with van der Waals surface area (Å²) in [5.41, 5.74) is 8.44. The van der Waals surface area contributed by atoms with Crippen molar-refractivity contribution in [2.24, 2.45) is 0 Å². The molecule has 0 saturated carbocycles. The van der Waals surface area contributed by atoms with E-state index in [0.29, 0.717) is 5.82 Å². The Bertz CT molecular complexity index is 669. The number of hydrogen-bond acceptors (Lipinski definition) is 4. The first-order valence-corrected chi connectivity index (χ1v) is 7.44. The van der Waals surface area contributed by atoms with Crippen molar-refractivity contribution in [2.75, 3.05) is 5.73 Å². The number of rotatable bonds is 6. The van der Waals surface area contributed by atoms with Gasteiger partial charge >= 0.3 is 0 Å². The molecule has 0 bridgehead atoms. The summed E-state index contributed by atoms with van der Waals surface area (Å²) in [6, 6.07) is 0.267. The van der Waals surface area contributed by atoms with Crippen LogP contribution in [-0.2, 0) is 0 Å². The van der Waals surface area contributed by atoms with Crippen LogP contribution in [0.2, 0.25) is 0 Å². The molecule has 0 spiro atoms. The number of anilines is 1. The topological polar surface area (TPSA) is 69.6 Å². The number of aromatic nitrogens is 4. The number of fused-ring (bicyclic) bond motifs is 1. The van der Waals surface area contributed by atoms with E-state index in [2.05, 4.69) is 43.4 Å². The molecule has 5 nitrogen and oxygen atoms in total. The standard InChI is InChI=1S/C16H23N5/c1-5-7-9-11(3)14-13-15(17)18-10-19-16(13)21(20-14)12(4)8-6-2/h7,9-10,12H,3,5-6,8H2,1-2,4H3,(H2,17,18,19). The van der Waals surface area contributed by atoms with E-state index in [4.69, 9.17) is 10.8 Å². The van der Waals surface area contributed by atoms with Gasteiger partial charge in [-0.05, 0) is 25.3 Å². The largest absolute Gasteiger partial charge is 0.383 e. The Labute approximate surface area is 125 Å². The Morgan fingerprint density at radius 2 is 2.19 bits per heavy atom. The molecule has 1 atom stereocenters. The fraction of sp³-hybridized carbons (Fsp3) is 0.438. The van der Waals surface area contributed by atoms with E-state index in [0.717, 1.165) is 41.6 Å². The fourth-order valence-corrected chi connectivity index (χ4v) is 2.41. The van der Waals surface area contributed by atoms with E-state index in [1.807, 2.05) is 10.8 Å². The lowest BCUT2D eigenvalue weighted by atomic mass is 10.1. The summed E-state index contributed by atoms with van der Waals surface area (Å²) >= 11 is 0. The summed E-state index contributed by atoms with van der Waals surface area (Å²) in [5.74, 6) is 0.455. The number of nitrogen functional groups attached to an aromatic ring is 1. The summed E-state index contributed by atoms with van der Waals surface area (Å²) in [6.07, 6.45) is 8.61. The number of nitrogens with zero attached hydrogens (tertiary/aromatic N) is 4. The van der Waals surface area contributed by atoms with Gasteiger partial charge in [0.25, 0.3) is 0 Å². The van der Waals surface area contributed by atoms with E-state index in [1.54, 1.807) is 0 Å². The van der Waals surface area contributed by atoms with Crippen molar-refractivity contribution >= 4 is 22.4 Å². The van der Waals surface area contributed by atoms with Gasteiger partial charge in [-0.25, -0.2) is 14.6 Å². The first-order chi connectivity index (χ1) is 10.1. The number of nitrogens with two attached hydrogens (primary N) is 1. The molecule has 0 fully saturated rings. The van der Waals surface area contributed by atoms with Crippen molar-refractivity contribution in [1.29, 1.82) is 0 Å². The van der Waals surface area contributed by atoms with E-state index in [-0.39, 0.29) is 6.04 Å². The second kappa shape index (κ2) is 6.52. The molecule has 2 heterocycles. The van der Waals surface area contributed by atoms with Gasteiger partial charge in [-0.1, -0.05) is 39.0 Å². The maximum Gasteiger partial charge on any atom is 0.164 e. The average molecular weight is 285 g/mol. The fourth-order valence-electron chi connectivity index (χ4n) is 2.41. The molecule has 112 valence electrons. The molecular weight excluding hydrogens is 262 g/mol. The van der Waals surface area contributed by atoms with Gasteiger partial charge in [0.1, 0.15) is 17.8 Å². The van der Waals surface area contributed by atoms with Gasteiger partial charge in [0.15, 0.2) is 5.65 Å². The highest BCUT2D eigenvalue weighted by molar-refractivity contribution is 5.97. The molecule has 5 heteroatoms. The molecule has 0 aliphatic carbocycles. The van der Waals surface area contributed by atoms with Crippen LogP contribution < -0.4 is 5.73 Å². The van der Waals surface area contributed by atoms with Crippen LogP contribution in [0.5, 0.6) is 0 Å². The molecule has 0 radical (unpaired) electrons. The molecule has 1 unspecified atom stereocenters. The number of allylic oxidation sites excluding steroid dienone is 3. The van der Waals surface area contributed by atoms with E-state index >= 15 is 0 Å². The van der Waals surface area contributed by atoms with Crippen molar-refractivity contribution in [1.82, 2.24) is 19.7 Å². The highest BCUT2D eigenvalue weighted by atomic mass is 15.3. The van der Waals surface area contributed by atoms with Gasteiger partial charge in [-0.2, -0.15) is 5.10 Å². The SMILES string of the molecule is C=C(C=CCC)c1nn(C(C)CCC)c2ncnc(N)c12. The van der Waals surface area contributed by atoms with Gasteiger partial charge < -0.3 is 5.73 Å². The zero-order chi connectivity index (χ0) is 15.4. The molecule has 2 aromatic rings. The predicted molar refractivity (Wildman–Crippen MR) is 87.8 cm³/mol. The third-order valence-corrected chi connectivity index (χ3v) is 3.50. The third kappa shape index (κ3) is 2.96. The summed E-state index contributed by atoms with van der Waals surface area (Å²) < 4.78 is 1.94. The van der Waals surface area contributed by atoms with Crippen LogP contribution in [0.15, 0.2) is 25.1 Å². The Balaban J connectivity index is 2.60. The quantitative estimate of drug-likeness (QED) is 0.821. The minimum atomic E-state index is 0.267. The molecule has 2 aromatic heterocycles. The van der Waals surface area contributed by atoms with Crippen LogP contribution in [0.25, 0.3) is 16.6 Å². The molecule has 2 rings (SSSR count). The monoisotopic (exact) mass is 285 g/mol. The molecule has 21 heavy (non-hydrogen) atoms. The minimum Gasteiger partial charge on any atom is -0.383 e.